The summed E-state index contributed by atoms with van der Waals surface area (Å²) >= 11 is 0. The number of benzene rings is 1. The molecule has 21 heavy (non-hydrogen) atoms. The Morgan fingerprint density at radius 2 is 2.14 bits per heavy atom. The molecule has 0 spiro atoms. The highest BCUT2D eigenvalue weighted by Gasteiger charge is 2.20. The molecule has 2 N–H and O–H groups in total. The molecule has 1 saturated carbocycles. The highest BCUT2D eigenvalue weighted by Crippen LogP contribution is 2.29. The van der Waals surface area contributed by atoms with E-state index in [2.05, 4.69) is 5.32 Å². The minimum atomic E-state index is -0.514. The molecule has 1 fully saturated rings. The minimum absolute atomic E-state index is 0.163. The van der Waals surface area contributed by atoms with E-state index in [-0.39, 0.29) is 18.2 Å². The molecule has 118 valence electrons. The van der Waals surface area contributed by atoms with Gasteiger partial charge in [0.25, 0.3) is 0 Å². The Balaban J connectivity index is 1.88. The first-order valence-corrected chi connectivity index (χ1v) is 7.99. The maximum Gasteiger partial charge on any atom is 0.165 e. The van der Waals surface area contributed by atoms with Crippen LogP contribution in [-0.2, 0) is 6.54 Å². The fourth-order valence-corrected chi connectivity index (χ4v) is 2.99. The fraction of sp³-hybridized carbons (Fsp3) is 0.647. The molecule has 4 heteroatoms. The van der Waals surface area contributed by atoms with Gasteiger partial charge in [-0.15, -0.1) is 0 Å². The molecule has 3 nitrogen and oxygen atoms in total. The first-order valence-electron chi connectivity index (χ1n) is 7.99. The van der Waals surface area contributed by atoms with Gasteiger partial charge < -0.3 is 15.2 Å². The van der Waals surface area contributed by atoms with Gasteiger partial charge in [0.15, 0.2) is 11.6 Å². The van der Waals surface area contributed by atoms with E-state index in [1.165, 1.54) is 31.7 Å². The Morgan fingerprint density at radius 3 is 2.86 bits per heavy atom. The number of aliphatic hydroxyl groups excluding tert-OH is 1. The summed E-state index contributed by atoms with van der Waals surface area (Å²) < 4.78 is 19.5. The second kappa shape index (κ2) is 8.35. The second-order valence-corrected chi connectivity index (χ2v) is 5.86. The van der Waals surface area contributed by atoms with E-state index in [1.807, 2.05) is 13.0 Å². The Labute approximate surface area is 126 Å². The molecule has 0 aliphatic heterocycles. The van der Waals surface area contributed by atoms with Crippen molar-refractivity contribution in [1.29, 1.82) is 0 Å². The average molecular weight is 295 g/mol. The van der Waals surface area contributed by atoms with Crippen LogP contribution in [0.1, 0.15) is 44.6 Å². The van der Waals surface area contributed by atoms with Gasteiger partial charge in [-0.05, 0) is 24.9 Å². The molecule has 1 aliphatic carbocycles. The molecule has 0 bridgehead atoms. The number of aliphatic hydroxyl groups is 1. The van der Waals surface area contributed by atoms with Gasteiger partial charge in [0.05, 0.1) is 6.10 Å². The highest BCUT2D eigenvalue weighted by atomic mass is 19.1. The highest BCUT2D eigenvalue weighted by molar-refractivity contribution is 5.34. The predicted molar refractivity (Wildman–Crippen MR) is 81.9 cm³/mol. The van der Waals surface area contributed by atoms with Gasteiger partial charge in [-0.25, -0.2) is 4.39 Å². The van der Waals surface area contributed by atoms with E-state index in [4.69, 9.17) is 4.74 Å². The third-order valence-electron chi connectivity index (χ3n) is 4.11. The molecule has 0 amide bonds. The summed E-state index contributed by atoms with van der Waals surface area (Å²) in [5.41, 5.74) is 0.796. The predicted octanol–water partition coefficient (Wildman–Crippen LogP) is 3.26. The van der Waals surface area contributed by atoms with Crippen LogP contribution in [0.4, 0.5) is 4.39 Å². The summed E-state index contributed by atoms with van der Waals surface area (Å²) in [4.78, 5) is 0. The quantitative estimate of drug-likeness (QED) is 0.773. The zero-order valence-corrected chi connectivity index (χ0v) is 12.8. The van der Waals surface area contributed by atoms with Gasteiger partial charge in [0, 0.05) is 12.1 Å². The van der Waals surface area contributed by atoms with Gasteiger partial charge in [0.1, 0.15) is 6.61 Å². The van der Waals surface area contributed by atoms with Crippen LogP contribution in [0.3, 0.4) is 0 Å². The zero-order chi connectivity index (χ0) is 15.1. The van der Waals surface area contributed by atoms with Crippen molar-refractivity contribution in [3.63, 3.8) is 0 Å². The summed E-state index contributed by atoms with van der Waals surface area (Å²) in [6, 6.07) is 4.93. The van der Waals surface area contributed by atoms with E-state index in [9.17, 15) is 9.50 Å². The van der Waals surface area contributed by atoms with Gasteiger partial charge >= 0.3 is 0 Å². The zero-order valence-electron chi connectivity index (χ0n) is 12.8. The van der Waals surface area contributed by atoms with Crippen LogP contribution >= 0.6 is 0 Å². The van der Waals surface area contributed by atoms with E-state index in [0.29, 0.717) is 12.5 Å². The van der Waals surface area contributed by atoms with Crippen LogP contribution in [0.25, 0.3) is 0 Å². The first-order chi connectivity index (χ1) is 10.2. The number of halogens is 1. The first kappa shape index (κ1) is 16.2. The molecule has 2 rings (SSSR count). The van der Waals surface area contributed by atoms with Crippen molar-refractivity contribution in [1.82, 2.24) is 5.32 Å². The lowest BCUT2D eigenvalue weighted by atomic mass is 10.0. The molecule has 1 aliphatic rings. The Bertz CT molecular complexity index is 433. The van der Waals surface area contributed by atoms with E-state index in [1.54, 1.807) is 6.07 Å². The normalized spacial score (nSPS) is 17.1. The van der Waals surface area contributed by atoms with Crippen LogP contribution in [0, 0.1) is 11.7 Å². The van der Waals surface area contributed by atoms with Crippen LogP contribution in [0.2, 0.25) is 0 Å². The van der Waals surface area contributed by atoms with Crippen molar-refractivity contribution >= 4 is 0 Å². The van der Waals surface area contributed by atoms with Crippen molar-refractivity contribution in [2.45, 2.75) is 51.7 Å². The van der Waals surface area contributed by atoms with Crippen molar-refractivity contribution in [3.05, 3.63) is 29.6 Å². The number of hydrogen-bond acceptors (Lipinski definition) is 3. The number of para-hydroxylation sites is 1. The third kappa shape index (κ3) is 4.97. The Kier molecular flexibility index (Phi) is 6.46. The summed E-state index contributed by atoms with van der Waals surface area (Å²) in [5, 5.41) is 13.2. The lowest BCUT2D eigenvalue weighted by Gasteiger charge is -2.18. The smallest absolute Gasteiger partial charge is 0.165 e. The molecule has 1 atom stereocenters. The summed E-state index contributed by atoms with van der Waals surface area (Å²) in [5.74, 6) is 0.507. The number of rotatable bonds is 8. The lowest BCUT2D eigenvalue weighted by molar-refractivity contribution is 0.0832. The van der Waals surface area contributed by atoms with Crippen molar-refractivity contribution in [2.75, 3.05) is 13.2 Å². The lowest BCUT2D eigenvalue weighted by Crippen LogP contribution is -2.22. The van der Waals surface area contributed by atoms with Gasteiger partial charge in [0.2, 0.25) is 0 Å². The Morgan fingerprint density at radius 1 is 1.38 bits per heavy atom. The maximum absolute atomic E-state index is 13.9. The molecule has 0 radical (unpaired) electrons. The van der Waals surface area contributed by atoms with Crippen LogP contribution in [0.5, 0.6) is 5.75 Å². The van der Waals surface area contributed by atoms with Crippen molar-refractivity contribution in [2.24, 2.45) is 5.92 Å². The molecule has 1 unspecified atom stereocenters. The molecule has 0 aromatic heterocycles. The summed E-state index contributed by atoms with van der Waals surface area (Å²) in [6.45, 7) is 3.56. The van der Waals surface area contributed by atoms with Gasteiger partial charge in [-0.3, -0.25) is 0 Å². The van der Waals surface area contributed by atoms with Crippen molar-refractivity contribution in [3.8, 4) is 5.75 Å². The van der Waals surface area contributed by atoms with Crippen LogP contribution < -0.4 is 10.1 Å². The number of nitrogens with one attached hydrogen (secondary N) is 1. The second-order valence-electron chi connectivity index (χ2n) is 5.86. The monoisotopic (exact) mass is 295 g/mol. The van der Waals surface area contributed by atoms with E-state index >= 15 is 0 Å². The molecule has 0 heterocycles. The van der Waals surface area contributed by atoms with Crippen LogP contribution in [-0.4, -0.2) is 24.4 Å². The summed E-state index contributed by atoms with van der Waals surface area (Å²) in [7, 11) is 0. The van der Waals surface area contributed by atoms with Crippen molar-refractivity contribution < 1.29 is 14.2 Å². The standard InChI is InChI=1S/C17H26FNO2/c1-2-19-11-14-8-5-9-16(18)17(14)21-12-15(20)10-13-6-3-4-7-13/h5,8-9,13,15,19-20H,2-4,6-7,10-12H2,1H3. The Hall–Kier alpha value is -1.13. The van der Waals surface area contributed by atoms with Crippen LogP contribution in [0.15, 0.2) is 18.2 Å². The molecule has 1 aromatic carbocycles. The largest absolute Gasteiger partial charge is 0.487 e. The molecule has 1 aromatic rings. The van der Waals surface area contributed by atoms with E-state index < -0.39 is 6.10 Å². The van der Waals surface area contributed by atoms with Gasteiger partial charge in [-0.1, -0.05) is 44.7 Å². The average Bonchev–Trinajstić information content (AvgIpc) is 2.97. The molecular weight excluding hydrogens is 269 g/mol. The number of ether oxygens (including phenoxy) is 1. The van der Waals surface area contributed by atoms with Gasteiger partial charge in [-0.2, -0.15) is 0 Å². The van der Waals surface area contributed by atoms with E-state index in [0.717, 1.165) is 18.5 Å². The molecule has 0 saturated heterocycles. The SMILES string of the molecule is CCNCc1cccc(F)c1OCC(O)CC1CCCC1. The third-order valence-corrected chi connectivity index (χ3v) is 4.11. The number of hydrogen-bond donors (Lipinski definition) is 2. The summed E-state index contributed by atoms with van der Waals surface area (Å²) in [6.07, 6.45) is 5.17. The fourth-order valence-electron chi connectivity index (χ4n) is 2.99. The minimum Gasteiger partial charge on any atom is -0.487 e. The topological polar surface area (TPSA) is 41.5 Å². The molecular formula is C17H26FNO2. The maximum atomic E-state index is 13.9.